The molecule has 3 amide bonds. The Balaban J connectivity index is 0.970. The maximum Gasteiger partial charge on any atom is 0.320 e. The van der Waals surface area contributed by atoms with Crippen LogP contribution in [0.25, 0.3) is 33.5 Å². The van der Waals surface area contributed by atoms with Gasteiger partial charge in [-0.3, -0.25) is 14.6 Å². The Hall–Kier alpha value is -5.95. The van der Waals surface area contributed by atoms with Crippen molar-refractivity contribution in [2.24, 2.45) is 11.8 Å². The third-order valence-corrected chi connectivity index (χ3v) is 10.3. The van der Waals surface area contributed by atoms with E-state index in [0.29, 0.717) is 50.2 Å². The van der Waals surface area contributed by atoms with Gasteiger partial charge in [-0.1, -0.05) is 24.3 Å². The van der Waals surface area contributed by atoms with Crippen LogP contribution >= 0.6 is 0 Å². The standard InChI is InChI=1S/C41H39F2N7O4/c42-30-7-10-37(45-18-30)34-22-48(19-25-1-2-25)23-35(38(34)51)40(52)47-31-8-9-32(36(43)16-31)33-15-29(17-46-39(33)44)28-5-3-26(4-6-28)20-49-12-13-50(41(49)53)21-27-11-14-54-24-27/h3-10,15-18,22-23,25,27H,1-2,11-14,19-21,24H2,(H2,44,46)(H,47,52)/t27-/m1/s1. The lowest BCUT2D eigenvalue weighted by molar-refractivity contribution is 0.102. The summed E-state index contributed by atoms with van der Waals surface area (Å²) in [6.45, 7) is 4.71. The molecule has 11 nitrogen and oxygen atoms in total. The van der Waals surface area contributed by atoms with Gasteiger partial charge in [-0.25, -0.2) is 18.6 Å². The molecule has 2 aliphatic heterocycles. The Labute approximate surface area is 310 Å². The van der Waals surface area contributed by atoms with Crippen molar-refractivity contribution in [2.75, 3.05) is 43.9 Å². The summed E-state index contributed by atoms with van der Waals surface area (Å²) in [5.74, 6) is -0.916. The number of halogens is 2. The van der Waals surface area contributed by atoms with E-state index in [1.807, 2.05) is 34.1 Å². The lowest BCUT2D eigenvalue weighted by Crippen LogP contribution is -2.35. The van der Waals surface area contributed by atoms with Gasteiger partial charge in [0.1, 0.15) is 23.0 Å². The molecule has 0 bridgehead atoms. The zero-order chi connectivity index (χ0) is 37.3. The Kier molecular flexibility index (Phi) is 9.63. The van der Waals surface area contributed by atoms with E-state index in [1.54, 1.807) is 23.0 Å². The van der Waals surface area contributed by atoms with Gasteiger partial charge >= 0.3 is 6.03 Å². The number of hydrogen-bond acceptors (Lipinski definition) is 7. The topological polar surface area (TPSA) is 136 Å². The fourth-order valence-corrected chi connectivity index (χ4v) is 7.08. The van der Waals surface area contributed by atoms with E-state index in [4.69, 9.17) is 10.5 Å². The van der Waals surface area contributed by atoms with Gasteiger partial charge in [0.15, 0.2) is 0 Å². The minimum Gasteiger partial charge on any atom is -0.383 e. The third-order valence-electron chi connectivity index (χ3n) is 10.3. The molecule has 3 fully saturated rings. The number of hydrogen-bond donors (Lipinski definition) is 2. The Morgan fingerprint density at radius 3 is 2.37 bits per heavy atom. The van der Waals surface area contributed by atoms with E-state index in [0.717, 1.165) is 55.3 Å². The average molecular weight is 732 g/mol. The quantitative estimate of drug-likeness (QED) is 0.160. The average Bonchev–Trinajstić information content (AvgIpc) is 3.71. The number of ether oxygens (including phenoxy) is 1. The minimum absolute atomic E-state index is 0.0479. The number of aromatic nitrogens is 3. The zero-order valence-corrected chi connectivity index (χ0v) is 29.5. The highest BCUT2D eigenvalue weighted by molar-refractivity contribution is 6.04. The summed E-state index contributed by atoms with van der Waals surface area (Å²) in [6.07, 6.45) is 8.86. The van der Waals surface area contributed by atoms with E-state index in [2.05, 4.69) is 15.3 Å². The van der Waals surface area contributed by atoms with E-state index < -0.39 is 23.0 Å². The molecule has 13 heteroatoms. The maximum absolute atomic E-state index is 15.8. The van der Waals surface area contributed by atoms with Crippen molar-refractivity contribution >= 4 is 23.4 Å². The van der Waals surface area contributed by atoms with Crippen molar-refractivity contribution in [3.63, 3.8) is 0 Å². The molecule has 0 unspecified atom stereocenters. The van der Waals surface area contributed by atoms with Crippen LogP contribution < -0.4 is 16.5 Å². The summed E-state index contributed by atoms with van der Waals surface area (Å²) in [5.41, 5.74) is 9.22. The second-order valence-electron chi connectivity index (χ2n) is 14.3. The molecule has 5 heterocycles. The molecule has 8 rings (SSSR count). The lowest BCUT2D eigenvalue weighted by atomic mass is 9.99. The predicted octanol–water partition coefficient (Wildman–Crippen LogP) is 6.44. The first-order valence-electron chi connectivity index (χ1n) is 18.1. The number of benzene rings is 2. The molecule has 1 aliphatic carbocycles. The van der Waals surface area contributed by atoms with Crippen molar-refractivity contribution in [1.29, 1.82) is 0 Å². The van der Waals surface area contributed by atoms with Crippen molar-refractivity contribution in [3.8, 4) is 33.5 Å². The van der Waals surface area contributed by atoms with Crippen LogP contribution in [0.3, 0.4) is 0 Å². The van der Waals surface area contributed by atoms with Crippen LogP contribution in [-0.4, -0.2) is 69.1 Å². The van der Waals surface area contributed by atoms with E-state index in [1.165, 1.54) is 36.5 Å². The number of amides is 3. The van der Waals surface area contributed by atoms with Gasteiger partial charge in [-0.2, -0.15) is 0 Å². The highest BCUT2D eigenvalue weighted by Gasteiger charge is 2.31. The smallest absolute Gasteiger partial charge is 0.320 e. The first-order valence-corrected chi connectivity index (χ1v) is 18.1. The van der Waals surface area contributed by atoms with Crippen LogP contribution in [0.5, 0.6) is 0 Å². The van der Waals surface area contributed by atoms with Crippen LogP contribution in [0.2, 0.25) is 0 Å². The van der Waals surface area contributed by atoms with Crippen molar-refractivity contribution < 1.29 is 23.1 Å². The molecule has 1 saturated carbocycles. The first-order chi connectivity index (χ1) is 26.2. The number of urea groups is 1. The summed E-state index contributed by atoms with van der Waals surface area (Å²) >= 11 is 0. The SMILES string of the molecule is Nc1ncc(-c2ccc(CN3CCN(C[C@H]4CCOC4)C3=O)cc2)cc1-c1ccc(NC(=O)c2cn(CC3CC3)cc(-c3ccc(F)cn3)c2=O)cc1F. The number of rotatable bonds is 11. The van der Waals surface area contributed by atoms with E-state index >= 15 is 4.39 Å². The molecule has 1 atom stereocenters. The highest BCUT2D eigenvalue weighted by atomic mass is 19.1. The number of carbonyl (C=O) groups is 2. The van der Waals surface area contributed by atoms with Gasteiger partial charge in [0.2, 0.25) is 5.43 Å². The fourth-order valence-electron chi connectivity index (χ4n) is 7.08. The second kappa shape index (κ2) is 14.8. The van der Waals surface area contributed by atoms with Crippen LogP contribution in [0.15, 0.2) is 90.2 Å². The van der Waals surface area contributed by atoms with Crippen LogP contribution in [-0.2, 0) is 17.8 Å². The maximum atomic E-state index is 15.8. The normalized spacial score (nSPS) is 17.0. The van der Waals surface area contributed by atoms with Gasteiger partial charge in [0.25, 0.3) is 5.91 Å². The Bertz CT molecular complexity index is 2270. The van der Waals surface area contributed by atoms with Gasteiger partial charge < -0.3 is 30.2 Å². The first kappa shape index (κ1) is 35.1. The molecule has 2 saturated heterocycles. The fraction of sp³-hybridized carbons (Fsp3) is 0.293. The molecule has 0 radical (unpaired) electrons. The van der Waals surface area contributed by atoms with E-state index in [-0.39, 0.29) is 39.9 Å². The predicted molar refractivity (Wildman–Crippen MR) is 200 cm³/mol. The van der Waals surface area contributed by atoms with E-state index in [9.17, 15) is 18.8 Å². The summed E-state index contributed by atoms with van der Waals surface area (Å²) in [4.78, 5) is 52.1. The number of nitrogens with zero attached hydrogens (tertiary/aromatic N) is 5. The Morgan fingerprint density at radius 1 is 0.833 bits per heavy atom. The molecule has 276 valence electrons. The summed E-state index contributed by atoms with van der Waals surface area (Å²) in [7, 11) is 0. The molecule has 2 aromatic carbocycles. The number of nitrogens with one attached hydrogen (secondary N) is 1. The largest absolute Gasteiger partial charge is 0.383 e. The van der Waals surface area contributed by atoms with Crippen molar-refractivity contribution in [3.05, 3.63) is 118 Å². The van der Waals surface area contributed by atoms with Crippen LogP contribution in [0.4, 0.5) is 25.1 Å². The van der Waals surface area contributed by atoms with Gasteiger partial charge in [-0.05, 0) is 72.7 Å². The summed E-state index contributed by atoms with van der Waals surface area (Å²) in [6, 6.07) is 16.4. The molecule has 54 heavy (non-hydrogen) atoms. The molecule has 3 N–H and O–H groups in total. The number of nitrogen functional groups attached to an aromatic ring is 1. The number of carbonyl (C=O) groups excluding carboxylic acids is 2. The molecular formula is C41H39F2N7O4. The summed E-state index contributed by atoms with van der Waals surface area (Å²) in [5, 5.41) is 2.65. The highest BCUT2D eigenvalue weighted by Crippen LogP contribution is 2.34. The van der Waals surface area contributed by atoms with Crippen molar-refractivity contribution in [2.45, 2.75) is 32.4 Å². The second-order valence-corrected chi connectivity index (χ2v) is 14.3. The van der Waals surface area contributed by atoms with Gasteiger partial charge in [0, 0.05) is 86.2 Å². The Morgan fingerprint density at radius 2 is 1.65 bits per heavy atom. The minimum atomic E-state index is -0.710. The summed E-state index contributed by atoms with van der Waals surface area (Å²) < 4.78 is 36.6. The monoisotopic (exact) mass is 731 g/mol. The number of nitrogens with two attached hydrogens (primary N) is 1. The molecule has 3 aliphatic rings. The molecule has 5 aromatic rings. The number of pyridine rings is 3. The lowest BCUT2D eigenvalue weighted by Gasteiger charge is -2.21. The zero-order valence-electron chi connectivity index (χ0n) is 29.5. The molecular weight excluding hydrogens is 692 g/mol. The third kappa shape index (κ3) is 7.58. The number of anilines is 2. The van der Waals surface area contributed by atoms with Gasteiger partial charge in [-0.15, -0.1) is 0 Å². The van der Waals surface area contributed by atoms with Crippen LogP contribution in [0, 0.1) is 23.5 Å². The molecule has 0 spiro atoms. The van der Waals surface area contributed by atoms with Crippen LogP contribution in [0.1, 0.15) is 35.2 Å². The molecule has 3 aromatic heterocycles. The van der Waals surface area contributed by atoms with Gasteiger partial charge in [0.05, 0.1) is 24.1 Å². The van der Waals surface area contributed by atoms with Crippen molar-refractivity contribution in [1.82, 2.24) is 24.3 Å².